The number of anilines is 2. The number of hydrogen-bond donors (Lipinski definition) is 1. The van der Waals surface area contributed by atoms with Crippen molar-refractivity contribution in [3.05, 3.63) is 22.4 Å². The molecule has 1 aliphatic heterocycles. The summed E-state index contributed by atoms with van der Waals surface area (Å²) in [5.41, 5.74) is 1.39. The summed E-state index contributed by atoms with van der Waals surface area (Å²) in [5, 5.41) is 2.92. The number of benzene rings is 1. The van der Waals surface area contributed by atoms with Crippen molar-refractivity contribution in [1.82, 2.24) is 0 Å². The fourth-order valence-electron chi connectivity index (χ4n) is 2.28. The molecule has 3 rings (SSSR count). The molecule has 6 heteroatoms. The van der Waals surface area contributed by atoms with Crippen molar-refractivity contribution in [2.45, 2.75) is 12.8 Å². The first-order valence-electron chi connectivity index (χ1n) is 6.78. The lowest BCUT2D eigenvalue weighted by atomic mass is 10.2. The first kappa shape index (κ1) is 13.8. The van der Waals surface area contributed by atoms with Crippen molar-refractivity contribution >= 4 is 33.2 Å². The molecule has 0 bridgehead atoms. The van der Waals surface area contributed by atoms with Crippen LogP contribution in [-0.2, 0) is 9.53 Å². The second-order valence-corrected chi connectivity index (χ2v) is 6.00. The Morgan fingerprint density at radius 3 is 2.70 bits per heavy atom. The zero-order valence-corrected chi connectivity index (χ0v) is 12.6. The Labute approximate surface area is 125 Å². The van der Waals surface area contributed by atoms with Crippen LogP contribution >= 0.6 is 15.9 Å². The molecule has 1 saturated carbocycles. The van der Waals surface area contributed by atoms with E-state index in [1.165, 1.54) is 6.07 Å². The van der Waals surface area contributed by atoms with Crippen LogP contribution in [0.1, 0.15) is 12.8 Å². The predicted molar refractivity (Wildman–Crippen MR) is 78.5 cm³/mol. The van der Waals surface area contributed by atoms with E-state index in [0.29, 0.717) is 36.5 Å². The van der Waals surface area contributed by atoms with Crippen molar-refractivity contribution in [3.8, 4) is 0 Å². The number of carbonyl (C=O) groups is 1. The number of rotatable bonds is 3. The lowest BCUT2D eigenvalue weighted by Gasteiger charge is -2.30. The summed E-state index contributed by atoms with van der Waals surface area (Å²) in [6, 6.07) is 3.11. The minimum Gasteiger partial charge on any atom is -0.378 e. The zero-order chi connectivity index (χ0) is 14.1. The number of nitrogens with zero attached hydrogens (tertiary/aromatic N) is 1. The van der Waals surface area contributed by atoms with Gasteiger partial charge in [0.05, 0.1) is 29.1 Å². The molecular weight excluding hydrogens is 327 g/mol. The summed E-state index contributed by atoms with van der Waals surface area (Å²) >= 11 is 3.18. The minimum atomic E-state index is -0.323. The minimum absolute atomic E-state index is 0.0259. The van der Waals surface area contributed by atoms with Crippen LogP contribution < -0.4 is 10.2 Å². The molecule has 1 saturated heterocycles. The van der Waals surface area contributed by atoms with Crippen molar-refractivity contribution in [2.24, 2.45) is 5.92 Å². The highest BCUT2D eigenvalue weighted by Crippen LogP contribution is 2.35. The molecule has 0 radical (unpaired) electrons. The molecule has 0 unspecified atom stereocenters. The van der Waals surface area contributed by atoms with Gasteiger partial charge in [0, 0.05) is 25.1 Å². The van der Waals surface area contributed by atoms with Gasteiger partial charge in [0.1, 0.15) is 5.82 Å². The van der Waals surface area contributed by atoms with Crippen LogP contribution in [0.2, 0.25) is 0 Å². The molecule has 0 atom stereocenters. The lowest BCUT2D eigenvalue weighted by Crippen LogP contribution is -2.37. The molecule has 1 amide bonds. The Morgan fingerprint density at radius 1 is 1.35 bits per heavy atom. The lowest BCUT2D eigenvalue weighted by molar-refractivity contribution is -0.117. The third kappa shape index (κ3) is 2.96. The van der Waals surface area contributed by atoms with Gasteiger partial charge in [-0.05, 0) is 34.8 Å². The third-order valence-electron chi connectivity index (χ3n) is 3.60. The molecule has 2 fully saturated rings. The zero-order valence-electron chi connectivity index (χ0n) is 11.0. The first-order valence-corrected chi connectivity index (χ1v) is 7.57. The van der Waals surface area contributed by atoms with E-state index in [0.717, 1.165) is 18.5 Å². The van der Waals surface area contributed by atoms with E-state index in [1.807, 2.05) is 4.90 Å². The Morgan fingerprint density at radius 2 is 2.05 bits per heavy atom. The topological polar surface area (TPSA) is 41.6 Å². The van der Waals surface area contributed by atoms with Gasteiger partial charge in [-0.1, -0.05) is 0 Å². The maximum Gasteiger partial charge on any atom is 0.227 e. The van der Waals surface area contributed by atoms with Gasteiger partial charge in [-0.2, -0.15) is 0 Å². The van der Waals surface area contributed by atoms with E-state index < -0.39 is 0 Å². The monoisotopic (exact) mass is 342 g/mol. The van der Waals surface area contributed by atoms with Gasteiger partial charge < -0.3 is 15.0 Å². The van der Waals surface area contributed by atoms with E-state index in [9.17, 15) is 9.18 Å². The van der Waals surface area contributed by atoms with Crippen LogP contribution in [0.4, 0.5) is 15.8 Å². The number of nitrogens with one attached hydrogen (secondary N) is 1. The number of carbonyl (C=O) groups excluding carboxylic acids is 1. The number of morpholine rings is 1. The molecule has 0 aromatic heterocycles. The average molecular weight is 343 g/mol. The van der Waals surface area contributed by atoms with Gasteiger partial charge in [0.25, 0.3) is 0 Å². The van der Waals surface area contributed by atoms with Gasteiger partial charge in [-0.25, -0.2) is 4.39 Å². The quantitative estimate of drug-likeness (QED) is 0.918. The highest BCUT2D eigenvalue weighted by molar-refractivity contribution is 9.10. The number of amides is 1. The summed E-state index contributed by atoms with van der Waals surface area (Å²) in [6.45, 7) is 2.64. The van der Waals surface area contributed by atoms with Crippen LogP contribution in [0.5, 0.6) is 0 Å². The number of halogens is 2. The Kier molecular flexibility index (Phi) is 3.94. The van der Waals surface area contributed by atoms with Crippen molar-refractivity contribution in [3.63, 3.8) is 0 Å². The van der Waals surface area contributed by atoms with E-state index in [2.05, 4.69) is 21.2 Å². The molecule has 20 heavy (non-hydrogen) atoms. The molecule has 1 heterocycles. The smallest absolute Gasteiger partial charge is 0.227 e. The van der Waals surface area contributed by atoms with Crippen LogP contribution in [0.3, 0.4) is 0 Å². The molecule has 1 aliphatic carbocycles. The van der Waals surface area contributed by atoms with Crippen LogP contribution in [0, 0.1) is 11.7 Å². The van der Waals surface area contributed by atoms with E-state index in [1.54, 1.807) is 6.07 Å². The molecule has 108 valence electrons. The van der Waals surface area contributed by atoms with Crippen molar-refractivity contribution < 1.29 is 13.9 Å². The fraction of sp³-hybridized carbons (Fsp3) is 0.500. The van der Waals surface area contributed by atoms with Gasteiger partial charge >= 0.3 is 0 Å². The summed E-state index contributed by atoms with van der Waals surface area (Å²) in [4.78, 5) is 14.0. The average Bonchev–Trinajstić information content (AvgIpc) is 3.28. The van der Waals surface area contributed by atoms with Gasteiger partial charge in [0.15, 0.2) is 0 Å². The third-order valence-corrected chi connectivity index (χ3v) is 4.20. The van der Waals surface area contributed by atoms with Crippen LogP contribution in [0.15, 0.2) is 16.6 Å². The van der Waals surface area contributed by atoms with Crippen molar-refractivity contribution in [1.29, 1.82) is 0 Å². The Balaban J connectivity index is 1.88. The number of hydrogen-bond acceptors (Lipinski definition) is 3. The predicted octanol–water partition coefficient (Wildman–Crippen LogP) is 2.77. The molecular formula is C14H16BrFN2O2. The second-order valence-electron chi connectivity index (χ2n) is 5.15. The van der Waals surface area contributed by atoms with Crippen LogP contribution in [0.25, 0.3) is 0 Å². The largest absolute Gasteiger partial charge is 0.378 e. The Bertz CT molecular complexity index is 528. The summed E-state index contributed by atoms with van der Waals surface area (Å²) in [5.74, 6) is -0.176. The summed E-state index contributed by atoms with van der Waals surface area (Å²) < 4.78 is 19.5. The van der Waals surface area contributed by atoms with Gasteiger partial charge in [0.2, 0.25) is 5.91 Å². The molecule has 2 aliphatic rings. The van der Waals surface area contributed by atoms with E-state index >= 15 is 0 Å². The van der Waals surface area contributed by atoms with Gasteiger partial charge in [-0.15, -0.1) is 0 Å². The maximum absolute atomic E-state index is 13.8. The van der Waals surface area contributed by atoms with E-state index in [-0.39, 0.29) is 17.6 Å². The van der Waals surface area contributed by atoms with Crippen LogP contribution in [-0.4, -0.2) is 32.2 Å². The van der Waals surface area contributed by atoms with E-state index in [4.69, 9.17) is 4.74 Å². The number of ether oxygens (including phenoxy) is 1. The fourth-order valence-corrected chi connectivity index (χ4v) is 2.63. The summed E-state index contributed by atoms with van der Waals surface area (Å²) in [6.07, 6.45) is 1.89. The maximum atomic E-state index is 13.8. The van der Waals surface area contributed by atoms with Gasteiger partial charge in [-0.3, -0.25) is 4.79 Å². The molecule has 4 nitrogen and oxygen atoms in total. The first-order chi connectivity index (χ1) is 9.65. The molecule has 0 spiro atoms. The molecule has 1 aromatic rings. The SMILES string of the molecule is O=C(Nc1cc(Br)c(F)cc1N1CCOCC1)C1CC1. The second kappa shape index (κ2) is 5.69. The highest BCUT2D eigenvalue weighted by Gasteiger charge is 2.30. The summed E-state index contributed by atoms with van der Waals surface area (Å²) in [7, 11) is 0. The molecule has 1 aromatic carbocycles. The van der Waals surface area contributed by atoms with Crippen molar-refractivity contribution in [2.75, 3.05) is 36.5 Å². The standard InChI is InChI=1S/C14H16BrFN2O2/c15-10-7-12(17-14(19)9-1-2-9)13(8-11(10)16)18-3-5-20-6-4-18/h7-9H,1-6H2,(H,17,19). The Hall–Kier alpha value is -1.14. The molecule has 1 N–H and O–H groups in total. The highest BCUT2D eigenvalue weighted by atomic mass is 79.9. The normalized spacial score (nSPS) is 19.0.